The number of ether oxygens (including phenoxy) is 1. The molecule has 4 heteroatoms. The number of hydrogen-bond acceptors (Lipinski definition) is 4. The molecule has 1 aliphatic heterocycles. The second kappa shape index (κ2) is 6.08. The fraction of sp³-hybridized carbons (Fsp3) is 0.909. The van der Waals surface area contributed by atoms with Crippen molar-refractivity contribution in [2.24, 2.45) is 5.92 Å². The van der Waals surface area contributed by atoms with E-state index in [0.29, 0.717) is 0 Å². The Morgan fingerprint density at radius 2 is 2.27 bits per heavy atom. The molecule has 88 valence electrons. The Kier molecular flexibility index (Phi) is 5.05. The second-order valence-electron chi connectivity index (χ2n) is 4.39. The van der Waals surface area contributed by atoms with Crippen molar-refractivity contribution in [1.29, 1.82) is 0 Å². The van der Waals surface area contributed by atoms with Crippen LogP contribution in [0.1, 0.15) is 27.2 Å². The summed E-state index contributed by atoms with van der Waals surface area (Å²) in [6, 6.07) is 0. The summed E-state index contributed by atoms with van der Waals surface area (Å²) in [6.45, 7) is 9.61. The third-order valence-electron chi connectivity index (χ3n) is 2.78. The van der Waals surface area contributed by atoms with Gasteiger partial charge in [-0.2, -0.15) is 0 Å². The molecule has 4 nitrogen and oxygen atoms in total. The normalized spacial score (nSPS) is 19.7. The fourth-order valence-electron chi connectivity index (χ4n) is 1.57. The first-order valence-corrected chi connectivity index (χ1v) is 5.72. The van der Waals surface area contributed by atoms with Crippen molar-refractivity contribution in [2.75, 3.05) is 26.3 Å². The third kappa shape index (κ3) is 4.62. The van der Waals surface area contributed by atoms with Gasteiger partial charge in [0.25, 0.3) is 0 Å². The van der Waals surface area contributed by atoms with Crippen molar-refractivity contribution in [1.82, 2.24) is 10.2 Å². The SMILES string of the molecule is CCC(C)CNCN1CC(OC(C)=O)C1. The molecule has 1 unspecified atom stereocenters. The maximum Gasteiger partial charge on any atom is 0.302 e. The zero-order chi connectivity index (χ0) is 11.3. The summed E-state index contributed by atoms with van der Waals surface area (Å²) in [4.78, 5) is 12.9. The fourth-order valence-corrected chi connectivity index (χ4v) is 1.57. The van der Waals surface area contributed by atoms with E-state index in [1.807, 2.05) is 0 Å². The first kappa shape index (κ1) is 12.5. The van der Waals surface area contributed by atoms with Gasteiger partial charge in [0.15, 0.2) is 0 Å². The van der Waals surface area contributed by atoms with Crippen molar-refractivity contribution in [3.8, 4) is 0 Å². The van der Waals surface area contributed by atoms with Crippen molar-refractivity contribution < 1.29 is 9.53 Å². The van der Waals surface area contributed by atoms with Gasteiger partial charge in [0.05, 0.1) is 0 Å². The van der Waals surface area contributed by atoms with Gasteiger partial charge in [0, 0.05) is 26.7 Å². The molecule has 1 rings (SSSR count). The number of nitrogens with zero attached hydrogens (tertiary/aromatic N) is 1. The van der Waals surface area contributed by atoms with E-state index in [1.54, 1.807) is 0 Å². The molecule has 1 N–H and O–H groups in total. The molecule has 0 saturated carbocycles. The molecular weight excluding hydrogens is 192 g/mol. The summed E-state index contributed by atoms with van der Waals surface area (Å²) in [6.07, 6.45) is 1.33. The van der Waals surface area contributed by atoms with E-state index < -0.39 is 0 Å². The topological polar surface area (TPSA) is 41.6 Å². The summed E-state index contributed by atoms with van der Waals surface area (Å²) >= 11 is 0. The van der Waals surface area contributed by atoms with Crippen LogP contribution in [0.2, 0.25) is 0 Å². The molecule has 0 bridgehead atoms. The average Bonchev–Trinajstić information content (AvgIpc) is 2.12. The number of hydrogen-bond donors (Lipinski definition) is 1. The highest BCUT2D eigenvalue weighted by Crippen LogP contribution is 2.10. The molecule has 1 saturated heterocycles. The van der Waals surface area contributed by atoms with E-state index in [1.165, 1.54) is 13.3 Å². The Labute approximate surface area is 92.0 Å². The molecule has 1 heterocycles. The minimum Gasteiger partial charge on any atom is -0.460 e. The van der Waals surface area contributed by atoms with Gasteiger partial charge in [-0.25, -0.2) is 0 Å². The summed E-state index contributed by atoms with van der Waals surface area (Å²) in [5.41, 5.74) is 0. The van der Waals surface area contributed by atoms with E-state index in [9.17, 15) is 4.79 Å². The number of carbonyl (C=O) groups excluding carboxylic acids is 1. The molecule has 0 aromatic carbocycles. The van der Waals surface area contributed by atoms with Crippen molar-refractivity contribution in [3.63, 3.8) is 0 Å². The van der Waals surface area contributed by atoms with E-state index in [4.69, 9.17) is 4.74 Å². The minimum absolute atomic E-state index is 0.118. The molecule has 1 atom stereocenters. The van der Waals surface area contributed by atoms with Crippen LogP contribution >= 0.6 is 0 Å². The summed E-state index contributed by atoms with van der Waals surface area (Å²) < 4.78 is 5.06. The highest BCUT2D eigenvalue weighted by molar-refractivity contribution is 5.66. The lowest BCUT2D eigenvalue weighted by atomic mass is 10.1. The highest BCUT2D eigenvalue weighted by atomic mass is 16.5. The molecule has 1 aliphatic rings. The minimum atomic E-state index is -0.174. The number of esters is 1. The Morgan fingerprint density at radius 1 is 1.60 bits per heavy atom. The van der Waals surface area contributed by atoms with Crippen LogP contribution in [0, 0.1) is 5.92 Å². The molecule has 15 heavy (non-hydrogen) atoms. The molecule has 0 aromatic heterocycles. The monoisotopic (exact) mass is 214 g/mol. The Balaban J connectivity index is 1.96. The van der Waals surface area contributed by atoms with Crippen LogP contribution in [0.4, 0.5) is 0 Å². The van der Waals surface area contributed by atoms with Crippen LogP contribution < -0.4 is 5.32 Å². The molecule has 0 aromatic rings. The van der Waals surface area contributed by atoms with Gasteiger partial charge in [-0.3, -0.25) is 9.69 Å². The van der Waals surface area contributed by atoms with Gasteiger partial charge in [-0.1, -0.05) is 20.3 Å². The maximum atomic E-state index is 10.6. The van der Waals surface area contributed by atoms with E-state index in [0.717, 1.165) is 32.2 Å². The Morgan fingerprint density at radius 3 is 2.80 bits per heavy atom. The van der Waals surface area contributed by atoms with Crippen molar-refractivity contribution >= 4 is 5.97 Å². The van der Waals surface area contributed by atoms with Gasteiger partial charge in [0.2, 0.25) is 0 Å². The lowest BCUT2D eigenvalue weighted by Gasteiger charge is -2.38. The number of rotatable bonds is 6. The largest absolute Gasteiger partial charge is 0.460 e. The number of nitrogens with one attached hydrogen (secondary N) is 1. The van der Waals surface area contributed by atoms with Gasteiger partial charge in [-0.05, 0) is 12.5 Å². The first-order valence-electron chi connectivity index (χ1n) is 5.72. The number of likely N-dealkylation sites (tertiary alicyclic amines) is 1. The summed E-state index contributed by atoms with van der Waals surface area (Å²) in [7, 11) is 0. The third-order valence-corrected chi connectivity index (χ3v) is 2.78. The molecule has 0 amide bonds. The number of carbonyl (C=O) groups is 1. The van der Waals surface area contributed by atoms with Crippen LogP contribution in [0.15, 0.2) is 0 Å². The van der Waals surface area contributed by atoms with Crippen LogP contribution in [0.25, 0.3) is 0 Å². The van der Waals surface area contributed by atoms with Gasteiger partial charge in [0.1, 0.15) is 6.10 Å². The van der Waals surface area contributed by atoms with Gasteiger partial charge in [-0.15, -0.1) is 0 Å². The van der Waals surface area contributed by atoms with Crippen LogP contribution in [0.5, 0.6) is 0 Å². The van der Waals surface area contributed by atoms with Crippen LogP contribution in [0.3, 0.4) is 0 Å². The lowest BCUT2D eigenvalue weighted by molar-refractivity contribution is -0.154. The molecule has 0 spiro atoms. The highest BCUT2D eigenvalue weighted by Gasteiger charge is 2.28. The van der Waals surface area contributed by atoms with E-state index in [-0.39, 0.29) is 12.1 Å². The second-order valence-corrected chi connectivity index (χ2v) is 4.39. The molecule has 0 aliphatic carbocycles. The van der Waals surface area contributed by atoms with E-state index >= 15 is 0 Å². The summed E-state index contributed by atoms with van der Waals surface area (Å²) in [5, 5.41) is 3.40. The smallest absolute Gasteiger partial charge is 0.302 e. The predicted molar refractivity (Wildman–Crippen MR) is 59.5 cm³/mol. The zero-order valence-electron chi connectivity index (χ0n) is 9.95. The zero-order valence-corrected chi connectivity index (χ0v) is 9.95. The van der Waals surface area contributed by atoms with Crippen molar-refractivity contribution in [2.45, 2.75) is 33.3 Å². The van der Waals surface area contributed by atoms with Crippen LogP contribution in [-0.2, 0) is 9.53 Å². The van der Waals surface area contributed by atoms with E-state index in [2.05, 4.69) is 24.1 Å². The molecular formula is C11H22N2O2. The molecule has 1 fully saturated rings. The van der Waals surface area contributed by atoms with Crippen molar-refractivity contribution in [3.05, 3.63) is 0 Å². The predicted octanol–water partition coefficient (Wildman–Crippen LogP) is 0.827. The standard InChI is InChI=1S/C11H22N2O2/c1-4-9(2)5-12-8-13-6-11(7-13)15-10(3)14/h9,11-12H,4-8H2,1-3H3. The quantitative estimate of drug-likeness (QED) is 0.665. The Bertz CT molecular complexity index is 203. The molecule has 0 radical (unpaired) electrons. The summed E-state index contributed by atoms with van der Waals surface area (Å²) in [5.74, 6) is 0.558. The van der Waals surface area contributed by atoms with Gasteiger partial charge >= 0.3 is 5.97 Å². The van der Waals surface area contributed by atoms with Crippen LogP contribution in [-0.4, -0.2) is 43.3 Å². The Hall–Kier alpha value is -0.610. The average molecular weight is 214 g/mol. The first-order chi connectivity index (χ1) is 7.11. The van der Waals surface area contributed by atoms with Gasteiger partial charge < -0.3 is 10.1 Å². The maximum absolute atomic E-state index is 10.6. The lowest BCUT2D eigenvalue weighted by Crippen LogP contribution is -2.55.